The van der Waals surface area contributed by atoms with Gasteiger partial charge in [-0.1, -0.05) is 42.5 Å². The van der Waals surface area contributed by atoms with E-state index >= 15 is 0 Å². The monoisotopic (exact) mass is 343 g/mol. The van der Waals surface area contributed by atoms with Crippen molar-refractivity contribution in [1.29, 1.82) is 0 Å². The molecule has 128 valence electrons. The zero-order valence-electron chi connectivity index (χ0n) is 14.0. The number of nitrogens with two attached hydrogens (primary N) is 1. The third kappa shape index (κ3) is 3.00. The SMILES string of the molecule is NC(=O)c1cccc(-c2nc3ccncn3c2NCc2ccccc2)c1. The molecule has 0 spiro atoms. The van der Waals surface area contributed by atoms with E-state index in [4.69, 9.17) is 10.7 Å². The first-order valence-corrected chi connectivity index (χ1v) is 8.22. The summed E-state index contributed by atoms with van der Waals surface area (Å²) >= 11 is 0. The van der Waals surface area contributed by atoms with E-state index in [0.29, 0.717) is 12.1 Å². The number of imidazole rings is 1. The fourth-order valence-electron chi connectivity index (χ4n) is 2.87. The second kappa shape index (κ2) is 6.68. The quantitative estimate of drug-likeness (QED) is 0.583. The van der Waals surface area contributed by atoms with Gasteiger partial charge in [0.2, 0.25) is 5.91 Å². The van der Waals surface area contributed by atoms with E-state index < -0.39 is 5.91 Å². The van der Waals surface area contributed by atoms with Crippen LogP contribution in [0.5, 0.6) is 0 Å². The molecule has 26 heavy (non-hydrogen) atoms. The number of nitrogens with zero attached hydrogens (tertiary/aromatic N) is 3. The van der Waals surface area contributed by atoms with Crippen LogP contribution in [0.15, 0.2) is 73.2 Å². The fraction of sp³-hybridized carbons (Fsp3) is 0.0500. The van der Waals surface area contributed by atoms with Gasteiger partial charge in [0, 0.05) is 23.9 Å². The molecule has 4 aromatic rings. The molecule has 0 aliphatic heterocycles. The predicted octanol–water partition coefficient (Wildman–Crippen LogP) is 3.11. The Labute approximate surface area is 150 Å². The molecule has 0 atom stereocenters. The second-order valence-electron chi connectivity index (χ2n) is 5.90. The van der Waals surface area contributed by atoms with Crippen LogP contribution in [0.25, 0.3) is 16.9 Å². The number of carbonyl (C=O) groups excluding carboxylic acids is 1. The predicted molar refractivity (Wildman–Crippen MR) is 101 cm³/mol. The Morgan fingerprint density at radius 2 is 1.92 bits per heavy atom. The summed E-state index contributed by atoms with van der Waals surface area (Å²) in [5.41, 5.74) is 9.37. The van der Waals surface area contributed by atoms with E-state index in [0.717, 1.165) is 28.3 Å². The molecule has 0 aliphatic rings. The molecule has 0 radical (unpaired) electrons. The number of carbonyl (C=O) groups is 1. The Morgan fingerprint density at radius 3 is 2.73 bits per heavy atom. The molecule has 3 N–H and O–H groups in total. The summed E-state index contributed by atoms with van der Waals surface area (Å²) in [6.45, 7) is 0.645. The topological polar surface area (TPSA) is 85.3 Å². The minimum absolute atomic E-state index is 0.451. The van der Waals surface area contributed by atoms with Crippen molar-refractivity contribution < 1.29 is 4.79 Å². The van der Waals surface area contributed by atoms with E-state index in [1.165, 1.54) is 0 Å². The number of primary amides is 1. The lowest BCUT2D eigenvalue weighted by Gasteiger charge is -2.09. The highest BCUT2D eigenvalue weighted by Crippen LogP contribution is 2.29. The molecule has 6 nitrogen and oxygen atoms in total. The standard InChI is InChI=1S/C20H17N5O/c21-19(26)16-8-4-7-15(11-16)18-20(23-12-14-5-2-1-3-6-14)25-13-22-10-9-17(25)24-18/h1-11,13,23H,12H2,(H2,21,26). The first-order valence-electron chi connectivity index (χ1n) is 8.22. The third-order valence-electron chi connectivity index (χ3n) is 4.15. The van der Waals surface area contributed by atoms with Crippen molar-refractivity contribution in [2.24, 2.45) is 5.73 Å². The number of hydrogen-bond donors (Lipinski definition) is 2. The van der Waals surface area contributed by atoms with Crippen molar-refractivity contribution in [2.45, 2.75) is 6.54 Å². The van der Waals surface area contributed by atoms with E-state index in [1.807, 2.05) is 34.7 Å². The van der Waals surface area contributed by atoms with Crippen LogP contribution in [-0.2, 0) is 6.54 Å². The molecule has 2 heterocycles. The Bertz CT molecular complexity index is 1070. The van der Waals surface area contributed by atoms with Gasteiger partial charge in [-0.25, -0.2) is 9.97 Å². The third-order valence-corrected chi connectivity index (χ3v) is 4.15. The number of rotatable bonds is 5. The average Bonchev–Trinajstić information content (AvgIpc) is 3.06. The van der Waals surface area contributed by atoms with Crippen molar-refractivity contribution in [3.63, 3.8) is 0 Å². The summed E-state index contributed by atoms with van der Waals surface area (Å²) in [6.07, 6.45) is 3.42. The van der Waals surface area contributed by atoms with Crippen LogP contribution in [0.3, 0.4) is 0 Å². The Hall–Kier alpha value is -3.67. The minimum atomic E-state index is -0.462. The Morgan fingerprint density at radius 1 is 1.08 bits per heavy atom. The number of aromatic nitrogens is 3. The highest BCUT2D eigenvalue weighted by Gasteiger charge is 2.15. The first kappa shape index (κ1) is 15.8. The zero-order valence-corrected chi connectivity index (χ0v) is 14.0. The van der Waals surface area contributed by atoms with Crippen LogP contribution in [0.4, 0.5) is 5.82 Å². The second-order valence-corrected chi connectivity index (χ2v) is 5.90. The van der Waals surface area contributed by atoms with E-state index in [-0.39, 0.29) is 0 Å². The summed E-state index contributed by atoms with van der Waals surface area (Å²) in [4.78, 5) is 20.4. The summed E-state index contributed by atoms with van der Waals surface area (Å²) < 4.78 is 1.90. The first-order chi connectivity index (χ1) is 12.7. The van der Waals surface area contributed by atoms with Crippen molar-refractivity contribution in [3.05, 3.63) is 84.3 Å². The van der Waals surface area contributed by atoms with Gasteiger partial charge in [-0.15, -0.1) is 0 Å². The molecule has 0 fully saturated rings. The van der Waals surface area contributed by atoms with Crippen molar-refractivity contribution >= 4 is 17.4 Å². The molecule has 2 aromatic heterocycles. The van der Waals surface area contributed by atoms with Crippen LogP contribution in [0, 0.1) is 0 Å². The highest BCUT2D eigenvalue weighted by atomic mass is 16.1. The van der Waals surface area contributed by atoms with E-state index in [2.05, 4.69) is 22.4 Å². The maximum absolute atomic E-state index is 11.5. The van der Waals surface area contributed by atoms with Gasteiger partial charge in [0.15, 0.2) is 0 Å². The molecule has 1 amide bonds. The molecule has 6 heteroatoms. The van der Waals surface area contributed by atoms with E-state index in [1.54, 1.807) is 30.7 Å². The lowest BCUT2D eigenvalue weighted by atomic mass is 10.1. The number of amides is 1. The fourth-order valence-corrected chi connectivity index (χ4v) is 2.87. The number of nitrogens with one attached hydrogen (secondary N) is 1. The summed E-state index contributed by atoms with van der Waals surface area (Å²) in [7, 11) is 0. The number of fused-ring (bicyclic) bond motifs is 1. The van der Waals surface area contributed by atoms with Crippen LogP contribution < -0.4 is 11.1 Å². The van der Waals surface area contributed by atoms with Gasteiger partial charge < -0.3 is 11.1 Å². The van der Waals surface area contributed by atoms with Gasteiger partial charge >= 0.3 is 0 Å². The number of hydrogen-bond acceptors (Lipinski definition) is 4. The molecular formula is C20H17N5O. The lowest BCUT2D eigenvalue weighted by Crippen LogP contribution is -2.10. The maximum atomic E-state index is 11.5. The van der Waals surface area contributed by atoms with Crippen molar-refractivity contribution in [1.82, 2.24) is 14.4 Å². The average molecular weight is 343 g/mol. The molecule has 4 rings (SSSR count). The Balaban J connectivity index is 1.79. The highest BCUT2D eigenvalue weighted by molar-refractivity contribution is 5.94. The number of benzene rings is 2. The summed E-state index contributed by atoms with van der Waals surface area (Å²) in [5.74, 6) is 0.356. The molecular weight excluding hydrogens is 326 g/mol. The van der Waals surface area contributed by atoms with Gasteiger partial charge in [-0.3, -0.25) is 9.20 Å². The normalized spacial score (nSPS) is 10.8. The molecule has 0 saturated carbocycles. The smallest absolute Gasteiger partial charge is 0.248 e. The van der Waals surface area contributed by atoms with Gasteiger partial charge in [-0.05, 0) is 23.8 Å². The van der Waals surface area contributed by atoms with Gasteiger partial charge in [0.1, 0.15) is 23.5 Å². The molecule has 0 saturated heterocycles. The Kier molecular flexibility index (Phi) is 4.07. The zero-order chi connectivity index (χ0) is 17.9. The van der Waals surface area contributed by atoms with Crippen LogP contribution in [-0.4, -0.2) is 20.3 Å². The molecule has 2 aromatic carbocycles. The van der Waals surface area contributed by atoms with Gasteiger partial charge in [0.05, 0.1) is 0 Å². The van der Waals surface area contributed by atoms with Crippen molar-refractivity contribution in [2.75, 3.05) is 5.32 Å². The maximum Gasteiger partial charge on any atom is 0.248 e. The molecule has 0 aliphatic carbocycles. The van der Waals surface area contributed by atoms with Crippen LogP contribution in [0.1, 0.15) is 15.9 Å². The van der Waals surface area contributed by atoms with Crippen LogP contribution in [0.2, 0.25) is 0 Å². The molecule has 0 unspecified atom stereocenters. The molecule has 0 bridgehead atoms. The van der Waals surface area contributed by atoms with Gasteiger partial charge in [0.25, 0.3) is 0 Å². The van der Waals surface area contributed by atoms with Crippen LogP contribution >= 0.6 is 0 Å². The lowest BCUT2D eigenvalue weighted by molar-refractivity contribution is 0.100. The van der Waals surface area contributed by atoms with Crippen molar-refractivity contribution in [3.8, 4) is 11.3 Å². The largest absolute Gasteiger partial charge is 0.366 e. The number of anilines is 1. The minimum Gasteiger partial charge on any atom is -0.366 e. The van der Waals surface area contributed by atoms with E-state index in [9.17, 15) is 4.79 Å². The van der Waals surface area contributed by atoms with Gasteiger partial charge in [-0.2, -0.15) is 0 Å². The summed E-state index contributed by atoms with van der Waals surface area (Å²) in [5, 5.41) is 3.44. The summed E-state index contributed by atoms with van der Waals surface area (Å²) in [6, 6.07) is 19.1.